The average Bonchev–Trinajstić information content (AvgIpc) is 3.30. The van der Waals surface area contributed by atoms with Crippen molar-refractivity contribution in [3.63, 3.8) is 0 Å². The van der Waals surface area contributed by atoms with Crippen LogP contribution in [0.15, 0.2) is 120 Å². The SMILES string of the molecule is CC1=C(C(=O)c2ccccc2)[C@H](c2ccc(N(C)c3ccccc3)cc2)n2c(nc3ccccc32)N1. The average molecular weight is 471 g/mol. The van der Waals surface area contributed by atoms with Crippen molar-refractivity contribution in [1.29, 1.82) is 0 Å². The zero-order valence-electron chi connectivity index (χ0n) is 20.2. The Labute approximate surface area is 210 Å². The third kappa shape index (κ3) is 3.66. The first kappa shape index (κ1) is 21.9. The number of aromatic nitrogens is 2. The topological polar surface area (TPSA) is 50.2 Å². The van der Waals surface area contributed by atoms with E-state index in [0.717, 1.165) is 45.2 Å². The molecule has 4 aromatic carbocycles. The summed E-state index contributed by atoms with van der Waals surface area (Å²) in [7, 11) is 2.06. The molecule has 5 nitrogen and oxygen atoms in total. The molecule has 6 rings (SSSR count). The minimum Gasteiger partial charge on any atom is -0.345 e. The van der Waals surface area contributed by atoms with Gasteiger partial charge in [0.2, 0.25) is 5.95 Å². The standard InChI is InChI=1S/C31H26N4O/c1-21-28(30(36)23-11-5-3-6-12-23)29(35-27-16-10-9-15-26(27)33-31(35)32-21)22-17-19-25(20-18-22)34(2)24-13-7-4-8-14-24/h3-20,29H,1-2H3,(H,32,33)/t29-/m0/s1. The van der Waals surface area contributed by atoms with Crippen LogP contribution in [0.5, 0.6) is 0 Å². The molecule has 0 unspecified atom stereocenters. The fourth-order valence-electron chi connectivity index (χ4n) is 5.00. The quantitative estimate of drug-likeness (QED) is 0.282. The second-order valence-electron chi connectivity index (χ2n) is 9.04. The minimum absolute atomic E-state index is 0.0134. The third-order valence-corrected chi connectivity index (χ3v) is 6.85. The first-order chi connectivity index (χ1) is 17.6. The van der Waals surface area contributed by atoms with Crippen molar-refractivity contribution in [2.45, 2.75) is 13.0 Å². The summed E-state index contributed by atoms with van der Waals surface area (Å²) in [5.41, 5.74) is 7.32. The fourth-order valence-corrected chi connectivity index (χ4v) is 5.00. The number of allylic oxidation sites excluding steroid dienone is 2. The van der Waals surface area contributed by atoms with Gasteiger partial charge in [0.1, 0.15) is 0 Å². The van der Waals surface area contributed by atoms with Crippen LogP contribution < -0.4 is 10.2 Å². The van der Waals surface area contributed by atoms with Crippen LogP contribution in [0.3, 0.4) is 0 Å². The number of para-hydroxylation sites is 3. The molecule has 1 N–H and O–H groups in total. The van der Waals surface area contributed by atoms with Crippen LogP contribution in [0, 0.1) is 0 Å². The Balaban J connectivity index is 1.49. The van der Waals surface area contributed by atoms with E-state index >= 15 is 0 Å². The maximum absolute atomic E-state index is 13.9. The van der Waals surface area contributed by atoms with Gasteiger partial charge < -0.3 is 10.2 Å². The van der Waals surface area contributed by atoms with Crippen LogP contribution in [0.1, 0.15) is 28.9 Å². The summed E-state index contributed by atoms with van der Waals surface area (Å²) < 4.78 is 2.15. The first-order valence-corrected chi connectivity index (χ1v) is 12.0. The van der Waals surface area contributed by atoms with Crippen molar-refractivity contribution in [1.82, 2.24) is 9.55 Å². The molecule has 0 bridgehead atoms. The number of nitrogens with zero attached hydrogens (tertiary/aromatic N) is 3. The van der Waals surface area contributed by atoms with Gasteiger partial charge >= 0.3 is 0 Å². The molecule has 0 saturated carbocycles. The molecular formula is C31H26N4O. The van der Waals surface area contributed by atoms with Gasteiger partial charge in [0.15, 0.2) is 5.78 Å². The van der Waals surface area contributed by atoms with E-state index in [0.29, 0.717) is 5.56 Å². The van der Waals surface area contributed by atoms with Crippen LogP contribution in [0.2, 0.25) is 0 Å². The molecule has 0 aliphatic carbocycles. The molecule has 0 spiro atoms. The molecule has 5 heteroatoms. The van der Waals surface area contributed by atoms with Crippen molar-refractivity contribution in [3.05, 3.63) is 132 Å². The van der Waals surface area contributed by atoms with E-state index in [1.807, 2.05) is 73.7 Å². The number of rotatable bonds is 5. The molecule has 1 aromatic heterocycles. The van der Waals surface area contributed by atoms with E-state index in [9.17, 15) is 4.79 Å². The smallest absolute Gasteiger partial charge is 0.209 e. The number of carbonyl (C=O) groups excluding carboxylic acids is 1. The summed E-state index contributed by atoms with van der Waals surface area (Å²) in [6.07, 6.45) is 0. The maximum Gasteiger partial charge on any atom is 0.209 e. The third-order valence-electron chi connectivity index (χ3n) is 6.85. The molecule has 1 aliphatic heterocycles. The van der Waals surface area contributed by atoms with Crippen molar-refractivity contribution in [2.24, 2.45) is 0 Å². The lowest BCUT2D eigenvalue weighted by Gasteiger charge is -2.31. The number of anilines is 3. The zero-order valence-corrected chi connectivity index (χ0v) is 20.2. The number of ketones is 1. The fraction of sp³-hybridized carbons (Fsp3) is 0.0968. The van der Waals surface area contributed by atoms with Crippen LogP contribution >= 0.6 is 0 Å². The summed E-state index contributed by atoms with van der Waals surface area (Å²) in [4.78, 5) is 20.9. The van der Waals surface area contributed by atoms with E-state index in [4.69, 9.17) is 4.98 Å². The number of carbonyl (C=O) groups is 1. The molecule has 0 radical (unpaired) electrons. The highest BCUT2D eigenvalue weighted by atomic mass is 16.1. The van der Waals surface area contributed by atoms with E-state index < -0.39 is 0 Å². The molecule has 1 atom stereocenters. The van der Waals surface area contributed by atoms with Crippen molar-refractivity contribution in [2.75, 3.05) is 17.3 Å². The van der Waals surface area contributed by atoms with Crippen LogP contribution in [0.25, 0.3) is 11.0 Å². The van der Waals surface area contributed by atoms with Crippen molar-refractivity contribution < 1.29 is 4.79 Å². The highest BCUT2D eigenvalue weighted by Crippen LogP contribution is 2.41. The molecule has 0 saturated heterocycles. The minimum atomic E-state index is -0.308. The van der Waals surface area contributed by atoms with Gasteiger partial charge in [-0.1, -0.05) is 72.8 Å². The highest BCUT2D eigenvalue weighted by molar-refractivity contribution is 6.11. The zero-order chi connectivity index (χ0) is 24.6. The predicted octanol–water partition coefficient (Wildman–Crippen LogP) is 6.98. The number of fused-ring (bicyclic) bond motifs is 3. The van der Waals surface area contributed by atoms with Gasteiger partial charge in [0.05, 0.1) is 17.1 Å². The number of benzene rings is 4. The van der Waals surface area contributed by atoms with Crippen LogP contribution in [-0.4, -0.2) is 22.4 Å². The van der Waals surface area contributed by atoms with E-state index in [1.165, 1.54) is 0 Å². The molecule has 176 valence electrons. The monoisotopic (exact) mass is 470 g/mol. The Kier molecular flexibility index (Phi) is 5.38. The number of hydrogen-bond donors (Lipinski definition) is 1. The molecule has 0 fully saturated rings. The van der Waals surface area contributed by atoms with Crippen LogP contribution in [-0.2, 0) is 0 Å². The van der Waals surface area contributed by atoms with E-state index in [1.54, 1.807) is 0 Å². The van der Waals surface area contributed by atoms with E-state index in [2.05, 4.69) is 64.3 Å². The number of imidazole rings is 1. The summed E-state index contributed by atoms with van der Waals surface area (Å²) in [6.45, 7) is 1.96. The van der Waals surface area contributed by atoms with E-state index in [-0.39, 0.29) is 11.8 Å². The summed E-state index contributed by atoms with van der Waals surface area (Å²) in [6, 6.07) is 36.0. The molecule has 0 amide bonds. The summed E-state index contributed by atoms with van der Waals surface area (Å²) in [5.74, 6) is 0.758. The number of Topliss-reactive ketones (excluding diaryl/α,β-unsaturated/α-hetero) is 1. The lowest BCUT2D eigenvalue weighted by molar-refractivity contribution is 0.102. The van der Waals surface area contributed by atoms with Gasteiger partial charge in [-0.15, -0.1) is 0 Å². The second kappa shape index (κ2) is 8.86. The van der Waals surface area contributed by atoms with Crippen molar-refractivity contribution in [3.8, 4) is 0 Å². The molecule has 2 heterocycles. The Morgan fingerprint density at radius 2 is 1.42 bits per heavy atom. The molecular weight excluding hydrogens is 444 g/mol. The van der Waals surface area contributed by atoms with Crippen LogP contribution in [0.4, 0.5) is 17.3 Å². The number of nitrogens with one attached hydrogen (secondary N) is 1. The first-order valence-electron chi connectivity index (χ1n) is 12.0. The maximum atomic E-state index is 13.9. The van der Waals surface area contributed by atoms with Gasteiger partial charge in [-0.2, -0.15) is 0 Å². The molecule has 36 heavy (non-hydrogen) atoms. The normalized spacial score (nSPS) is 14.9. The summed E-state index contributed by atoms with van der Waals surface area (Å²) in [5, 5.41) is 3.40. The predicted molar refractivity (Wildman–Crippen MR) is 146 cm³/mol. The lowest BCUT2D eigenvalue weighted by atomic mass is 9.89. The Hall–Kier alpha value is -4.64. The van der Waals surface area contributed by atoms with Gasteiger partial charge in [-0.25, -0.2) is 4.98 Å². The highest BCUT2D eigenvalue weighted by Gasteiger charge is 2.34. The van der Waals surface area contributed by atoms with Gasteiger partial charge in [0, 0.05) is 35.3 Å². The Morgan fingerprint density at radius 1 is 0.806 bits per heavy atom. The Bertz CT molecular complexity index is 1580. The van der Waals surface area contributed by atoms with Gasteiger partial charge in [0.25, 0.3) is 0 Å². The van der Waals surface area contributed by atoms with Gasteiger partial charge in [-0.05, 0) is 48.9 Å². The summed E-state index contributed by atoms with van der Waals surface area (Å²) >= 11 is 0. The second-order valence-corrected chi connectivity index (χ2v) is 9.04. The molecule has 1 aliphatic rings. The molecule has 5 aromatic rings. The number of hydrogen-bond acceptors (Lipinski definition) is 4. The lowest BCUT2D eigenvalue weighted by Crippen LogP contribution is -2.28. The van der Waals surface area contributed by atoms with Crippen molar-refractivity contribution >= 4 is 34.1 Å². The van der Waals surface area contributed by atoms with Gasteiger partial charge in [-0.3, -0.25) is 9.36 Å². The Morgan fingerprint density at radius 3 is 2.14 bits per heavy atom. The largest absolute Gasteiger partial charge is 0.345 e.